The van der Waals surface area contributed by atoms with Gasteiger partial charge in [0.15, 0.2) is 0 Å². The maximum Gasteiger partial charge on any atom is 0.0467 e. The quantitative estimate of drug-likeness (QED) is 0.271. The molecule has 0 saturated heterocycles. The Morgan fingerprint density at radius 3 is 1.70 bits per heavy atom. The third-order valence-electron chi connectivity index (χ3n) is 7.25. The number of benzene rings is 5. The molecule has 158 valence electrons. The minimum atomic E-state index is -0.191. The summed E-state index contributed by atoms with van der Waals surface area (Å²) in [6.07, 6.45) is 0.999. The van der Waals surface area contributed by atoms with Crippen LogP contribution in [0.4, 0.5) is 0 Å². The highest BCUT2D eigenvalue weighted by Gasteiger charge is 2.45. The number of hydrogen-bond donors (Lipinski definition) is 0. The van der Waals surface area contributed by atoms with Crippen LogP contribution in [-0.4, -0.2) is 0 Å². The summed E-state index contributed by atoms with van der Waals surface area (Å²) in [5, 5.41) is 0. The molecule has 0 heterocycles. The van der Waals surface area contributed by atoms with E-state index in [4.69, 9.17) is 0 Å². The highest BCUT2D eigenvalue weighted by Crippen LogP contribution is 2.58. The van der Waals surface area contributed by atoms with Crippen molar-refractivity contribution in [1.82, 2.24) is 0 Å². The largest absolute Gasteiger partial charge is 0.0639 e. The predicted octanol–water partition coefficient (Wildman–Crippen LogP) is 8.75. The van der Waals surface area contributed by atoms with Gasteiger partial charge in [0.2, 0.25) is 0 Å². The van der Waals surface area contributed by atoms with Gasteiger partial charge >= 0.3 is 0 Å². The molecule has 0 N–H and O–H groups in total. The van der Waals surface area contributed by atoms with Crippen LogP contribution in [0.5, 0.6) is 0 Å². The molecule has 5 aromatic carbocycles. The molecule has 1 atom stereocenters. The lowest BCUT2D eigenvalue weighted by molar-refractivity contribution is 0.611. The van der Waals surface area contributed by atoms with E-state index < -0.39 is 0 Å². The van der Waals surface area contributed by atoms with E-state index in [2.05, 4.69) is 134 Å². The first-order valence-corrected chi connectivity index (χ1v) is 11.8. The van der Waals surface area contributed by atoms with Crippen LogP contribution in [-0.2, 0) is 5.41 Å². The van der Waals surface area contributed by atoms with Crippen LogP contribution < -0.4 is 0 Å². The molecule has 1 aliphatic carbocycles. The van der Waals surface area contributed by atoms with Gasteiger partial charge in [-0.2, -0.15) is 0 Å². The Labute approximate surface area is 196 Å². The van der Waals surface area contributed by atoms with E-state index in [0.717, 1.165) is 6.42 Å². The van der Waals surface area contributed by atoms with Crippen LogP contribution in [0.15, 0.2) is 127 Å². The van der Waals surface area contributed by atoms with E-state index >= 15 is 0 Å². The lowest BCUT2D eigenvalue weighted by Crippen LogP contribution is -2.26. The summed E-state index contributed by atoms with van der Waals surface area (Å²) in [4.78, 5) is 0. The average molecular weight is 423 g/mol. The Morgan fingerprint density at radius 2 is 1.03 bits per heavy atom. The fourth-order valence-corrected chi connectivity index (χ4v) is 5.85. The Morgan fingerprint density at radius 1 is 0.485 bits per heavy atom. The van der Waals surface area contributed by atoms with Crippen molar-refractivity contribution in [3.8, 4) is 33.4 Å². The second kappa shape index (κ2) is 7.90. The van der Waals surface area contributed by atoms with Gasteiger partial charge in [-0.1, -0.05) is 134 Å². The summed E-state index contributed by atoms with van der Waals surface area (Å²) in [5.74, 6) is 0. The van der Waals surface area contributed by atoms with Crippen LogP contribution in [0.2, 0.25) is 0 Å². The maximum absolute atomic E-state index is 2.35. The monoisotopic (exact) mass is 422 g/mol. The van der Waals surface area contributed by atoms with Crippen LogP contribution in [0.1, 0.15) is 30.0 Å². The maximum atomic E-state index is 2.35. The first-order chi connectivity index (χ1) is 16.3. The summed E-state index contributed by atoms with van der Waals surface area (Å²) in [7, 11) is 0. The van der Waals surface area contributed by atoms with Gasteiger partial charge in [-0.15, -0.1) is 0 Å². The molecule has 0 spiro atoms. The molecule has 5 aromatic rings. The average Bonchev–Trinajstić information content (AvgIpc) is 3.20. The van der Waals surface area contributed by atoms with E-state index in [-0.39, 0.29) is 5.41 Å². The zero-order valence-electron chi connectivity index (χ0n) is 18.8. The van der Waals surface area contributed by atoms with Crippen molar-refractivity contribution in [2.75, 3.05) is 0 Å². The third kappa shape index (κ3) is 2.91. The molecular weight excluding hydrogens is 396 g/mol. The van der Waals surface area contributed by atoms with Gasteiger partial charge in [0.25, 0.3) is 0 Å². The molecule has 0 nitrogen and oxygen atoms in total. The van der Waals surface area contributed by atoms with Gasteiger partial charge in [-0.3, -0.25) is 0 Å². The van der Waals surface area contributed by atoms with E-state index in [0.29, 0.717) is 0 Å². The van der Waals surface area contributed by atoms with E-state index in [1.54, 1.807) is 0 Å². The van der Waals surface area contributed by atoms with E-state index in [9.17, 15) is 0 Å². The highest BCUT2D eigenvalue weighted by molar-refractivity contribution is 5.97. The summed E-state index contributed by atoms with van der Waals surface area (Å²) in [6.45, 7) is 2.34. The van der Waals surface area contributed by atoms with Crippen LogP contribution in [0, 0.1) is 0 Å². The predicted molar refractivity (Wildman–Crippen MR) is 139 cm³/mol. The van der Waals surface area contributed by atoms with Gasteiger partial charge in [-0.25, -0.2) is 0 Å². The third-order valence-corrected chi connectivity index (χ3v) is 7.25. The van der Waals surface area contributed by atoms with Crippen LogP contribution in [0.3, 0.4) is 0 Å². The van der Waals surface area contributed by atoms with Crippen molar-refractivity contribution in [2.45, 2.75) is 18.8 Å². The van der Waals surface area contributed by atoms with Crippen molar-refractivity contribution in [2.24, 2.45) is 0 Å². The zero-order chi connectivity index (χ0) is 22.3. The van der Waals surface area contributed by atoms with Gasteiger partial charge in [0, 0.05) is 5.41 Å². The normalized spacial score (nSPS) is 16.3. The van der Waals surface area contributed by atoms with Crippen molar-refractivity contribution < 1.29 is 0 Å². The highest BCUT2D eigenvalue weighted by atomic mass is 14.5. The van der Waals surface area contributed by atoms with Crippen molar-refractivity contribution in [3.05, 3.63) is 144 Å². The topological polar surface area (TPSA) is 0 Å². The molecule has 0 bridgehead atoms. The first kappa shape index (κ1) is 19.8. The van der Waals surface area contributed by atoms with Crippen molar-refractivity contribution in [3.63, 3.8) is 0 Å². The van der Waals surface area contributed by atoms with Crippen molar-refractivity contribution in [1.29, 1.82) is 0 Å². The SMILES string of the molecule is CCC1(c2ccccc2)c2ccccc2-c2ccc(-c3ccccc3)c(-c3ccccc3)c21. The minimum absolute atomic E-state index is 0.191. The van der Waals surface area contributed by atoms with Crippen LogP contribution >= 0.6 is 0 Å². The standard InChI is InChI=1S/C33H26/c1-2-33(26-18-10-5-11-19-26)30-21-13-12-20-28(30)29-23-22-27(24-14-6-3-7-15-24)31(32(29)33)25-16-8-4-9-17-25/h3-23H,2H2,1H3. The fraction of sp³-hybridized carbons (Fsp3) is 0.0909. The molecule has 0 aromatic heterocycles. The lowest BCUT2D eigenvalue weighted by Gasteiger charge is -2.34. The molecule has 0 aliphatic heterocycles. The lowest BCUT2D eigenvalue weighted by atomic mass is 9.68. The Balaban J connectivity index is 1.80. The summed E-state index contributed by atoms with van der Waals surface area (Å²) >= 11 is 0. The molecule has 0 amide bonds. The Bertz CT molecular complexity index is 1420. The number of fused-ring (bicyclic) bond motifs is 3. The van der Waals surface area contributed by atoms with Gasteiger partial charge in [0.05, 0.1) is 0 Å². The molecular formula is C33H26. The zero-order valence-corrected chi connectivity index (χ0v) is 18.8. The number of rotatable bonds is 4. The smallest absolute Gasteiger partial charge is 0.0467 e. The Kier molecular flexibility index (Phi) is 4.73. The molecule has 6 rings (SSSR count). The fourth-order valence-electron chi connectivity index (χ4n) is 5.85. The van der Waals surface area contributed by atoms with Crippen molar-refractivity contribution >= 4 is 0 Å². The van der Waals surface area contributed by atoms with Gasteiger partial charge in [0.1, 0.15) is 0 Å². The first-order valence-electron chi connectivity index (χ1n) is 11.8. The molecule has 33 heavy (non-hydrogen) atoms. The van der Waals surface area contributed by atoms with Gasteiger partial charge in [-0.05, 0) is 56.5 Å². The molecule has 0 heteroatoms. The van der Waals surface area contributed by atoms with E-state index in [1.807, 2.05) is 0 Å². The molecule has 1 unspecified atom stereocenters. The second-order valence-corrected chi connectivity index (χ2v) is 8.81. The van der Waals surface area contributed by atoms with Crippen LogP contribution in [0.25, 0.3) is 33.4 Å². The molecule has 1 aliphatic rings. The summed E-state index contributed by atoms with van der Waals surface area (Å²) in [5.41, 5.74) is 11.9. The van der Waals surface area contributed by atoms with E-state index in [1.165, 1.54) is 50.1 Å². The second-order valence-electron chi connectivity index (χ2n) is 8.81. The molecule has 0 radical (unpaired) electrons. The summed E-state index contributed by atoms with van der Waals surface area (Å²) in [6, 6.07) is 46.5. The molecule has 0 saturated carbocycles. The number of hydrogen-bond acceptors (Lipinski definition) is 0. The molecule has 0 fully saturated rings. The summed E-state index contributed by atoms with van der Waals surface area (Å²) < 4.78 is 0. The van der Waals surface area contributed by atoms with Gasteiger partial charge < -0.3 is 0 Å². The Hall–Kier alpha value is -3.90. The minimum Gasteiger partial charge on any atom is -0.0639 e.